The van der Waals surface area contributed by atoms with Gasteiger partial charge in [0.1, 0.15) is 6.29 Å². The normalized spacial score (nSPS) is 11.9. The Labute approximate surface area is 122 Å². The topological polar surface area (TPSA) is 66.3 Å². The third-order valence-electron chi connectivity index (χ3n) is 1.74. The Morgan fingerprint density at radius 1 is 1.30 bits per heavy atom. The van der Waals surface area contributed by atoms with Gasteiger partial charge in [-0.05, 0) is 17.5 Å². The van der Waals surface area contributed by atoms with Crippen molar-refractivity contribution in [2.75, 3.05) is 6.61 Å². The Kier molecular flexibility index (Phi) is 8.28. The van der Waals surface area contributed by atoms with Gasteiger partial charge in [-0.1, -0.05) is 49.1 Å². The molecule has 1 aromatic rings. The van der Waals surface area contributed by atoms with Gasteiger partial charge >= 0.3 is 5.97 Å². The largest absolute Gasteiger partial charge is 0.447 e. The quantitative estimate of drug-likeness (QED) is 0.371. The number of carbonyl (C=O) groups is 2. The van der Waals surface area contributed by atoms with Gasteiger partial charge in [-0.15, -0.1) is 0 Å². The van der Waals surface area contributed by atoms with Crippen LogP contribution in [0.3, 0.4) is 0 Å². The third kappa shape index (κ3) is 9.65. The molecule has 0 saturated carbocycles. The summed E-state index contributed by atoms with van der Waals surface area (Å²) in [7, 11) is 2.26. The molecule has 0 radical (unpaired) electrons. The molecular formula is C15H24O4P+. The lowest BCUT2D eigenvalue weighted by Crippen LogP contribution is -2.15. The molecule has 0 saturated heterocycles. The summed E-state index contributed by atoms with van der Waals surface area (Å²) in [6.45, 7) is 8.75. The predicted octanol–water partition coefficient (Wildman–Crippen LogP) is 2.63. The van der Waals surface area contributed by atoms with E-state index in [4.69, 9.17) is 9.84 Å². The zero-order chi connectivity index (χ0) is 15.8. The SMILES string of the molecule is CC(C)(C)C.O=Cc1ccc(C(=O)OC(P)C[OH2+])cc1. The summed E-state index contributed by atoms with van der Waals surface area (Å²) in [5.41, 5.74) is 1.39. The Morgan fingerprint density at radius 3 is 2.10 bits per heavy atom. The smallest absolute Gasteiger partial charge is 0.339 e. The summed E-state index contributed by atoms with van der Waals surface area (Å²) in [6.07, 6.45) is 0.706. The van der Waals surface area contributed by atoms with E-state index in [-0.39, 0.29) is 6.61 Å². The molecule has 0 aliphatic heterocycles. The fraction of sp³-hybridized carbons (Fsp3) is 0.467. The summed E-state index contributed by atoms with van der Waals surface area (Å²) < 4.78 is 4.91. The fourth-order valence-electron chi connectivity index (χ4n) is 0.945. The molecule has 0 aliphatic rings. The molecular weight excluding hydrogens is 275 g/mol. The first kappa shape index (κ1) is 18.8. The van der Waals surface area contributed by atoms with E-state index in [1.54, 1.807) is 12.1 Å². The predicted molar refractivity (Wildman–Crippen MR) is 84.4 cm³/mol. The monoisotopic (exact) mass is 299 g/mol. The number of aldehydes is 1. The Hall–Kier alpha value is -1.25. The number of hydrogen-bond donors (Lipinski definition) is 0. The maximum Gasteiger partial charge on any atom is 0.339 e. The van der Waals surface area contributed by atoms with Crippen LogP contribution in [-0.4, -0.2) is 29.8 Å². The van der Waals surface area contributed by atoms with Crippen molar-refractivity contribution < 1.29 is 19.4 Å². The van der Waals surface area contributed by atoms with E-state index >= 15 is 0 Å². The van der Waals surface area contributed by atoms with E-state index in [1.165, 1.54) is 12.1 Å². The highest BCUT2D eigenvalue weighted by Gasteiger charge is 2.12. The van der Waals surface area contributed by atoms with Gasteiger partial charge in [0, 0.05) is 5.56 Å². The van der Waals surface area contributed by atoms with Crippen LogP contribution in [0.25, 0.3) is 0 Å². The summed E-state index contributed by atoms with van der Waals surface area (Å²) in [5.74, 6) is -0.983. The van der Waals surface area contributed by atoms with Crippen LogP contribution in [0.1, 0.15) is 48.4 Å². The van der Waals surface area contributed by atoms with Gasteiger partial charge < -0.3 is 9.84 Å². The van der Waals surface area contributed by atoms with Crippen LogP contribution < -0.4 is 0 Å². The molecule has 4 nitrogen and oxygen atoms in total. The number of ether oxygens (including phenoxy) is 1. The second-order valence-corrected chi connectivity index (χ2v) is 6.63. The first-order chi connectivity index (χ1) is 9.17. The van der Waals surface area contributed by atoms with Gasteiger partial charge in [-0.3, -0.25) is 4.79 Å². The number of hydrogen-bond acceptors (Lipinski definition) is 3. The highest BCUT2D eigenvalue weighted by Crippen LogP contribution is 2.09. The molecule has 2 unspecified atom stereocenters. The second kappa shape index (κ2) is 8.83. The molecule has 0 heterocycles. The van der Waals surface area contributed by atoms with Gasteiger partial charge in [-0.2, -0.15) is 0 Å². The van der Waals surface area contributed by atoms with E-state index in [0.717, 1.165) is 0 Å². The molecule has 0 aliphatic carbocycles. The molecule has 1 aromatic carbocycles. The van der Waals surface area contributed by atoms with Crippen molar-refractivity contribution in [2.24, 2.45) is 5.41 Å². The fourth-order valence-corrected chi connectivity index (χ4v) is 1.07. The van der Waals surface area contributed by atoms with Gasteiger partial charge in [0.15, 0.2) is 12.5 Å². The standard InChI is InChI=1S/C10H11O4P.C5H12/c11-5-7-1-3-8(4-2-7)10(13)14-9(15)6-12;1-5(2,3)4/h1-5,9,12H,6,15H2;1-4H3/p+1. The van der Waals surface area contributed by atoms with Crippen molar-refractivity contribution in [3.05, 3.63) is 35.4 Å². The van der Waals surface area contributed by atoms with Crippen LogP contribution in [0, 0.1) is 5.41 Å². The summed E-state index contributed by atoms with van der Waals surface area (Å²) in [6, 6.07) is 6.13. The number of carbonyl (C=O) groups excluding carboxylic acids is 2. The zero-order valence-electron chi connectivity index (χ0n) is 12.5. The van der Waals surface area contributed by atoms with Crippen molar-refractivity contribution in [1.29, 1.82) is 0 Å². The molecule has 5 heteroatoms. The minimum Gasteiger partial charge on any atom is -0.447 e. The molecule has 0 amide bonds. The Morgan fingerprint density at radius 2 is 1.75 bits per heavy atom. The first-order valence-electron chi connectivity index (χ1n) is 6.33. The molecule has 112 valence electrons. The molecule has 1 rings (SSSR count). The average Bonchev–Trinajstić information content (AvgIpc) is 2.36. The van der Waals surface area contributed by atoms with Gasteiger partial charge in [-0.25, -0.2) is 4.79 Å². The maximum absolute atomic E-state index is 11.4. The van der Waals surface area contributed by atoms with Crippen LogP contribution in [0.15, 0.2) is 24.3 Å². The molecule has 0 aromatic heterocycles. The molecule has 0 bridgehead atoms. The maximum atomic E-state index is 11.4. The first-order valence-corrected chi connectivity index (χ1v) is 7.00. The average molecular weight is 299 g/mol. The van der Waals surface area contributed by atoms with Crippen LogP contribution in [0.2, 0.25) is 0 Å². The van der Waals surface area contributed by atoms with E-state index in [1.807, 2.05) is 0 Å². The molecule has 2 N–H and O–H groups in total. The Bertz CT molecular complexity index is 414. The highest BCUT2D eigenvalue weighted by molar-refractivity contribution is 7.17. The van der Waals surface area contributed by atoms with Crippen LogP contribution in [0.5, 0.6) is 0 Å². The lowest BCUT2D eigenvalue weighted by molar-refractivity contribution is 0.0361. The van der Waals surface area contributed by atoms with Crippen molar-refractivity contribution in [1.82, 2.24) is 0 Å². The third-order valence-corrected chi connectivity index (χ3v) is 2.11. The lowest BCUT2D eigenvalue weighted by Gasteiger charge is -2.07. The zero-order valence-corrected chi connectivity index (χ0v) is 13.6. The number of esters is 1. The van der Waals surface area contributed by atoms with Crippen molar-refractivity contribution in [2.45, 2.75) is 33.5 Å². The van der Waals surface area contributed by atoms with E-state index in [9.17, 15) is 9.59 Å². The molecule has 0 spiro atoms. The minimum absolute atomic E-state index is 0.00281. The molecule has 20 heavy (non-hydrogen) atoms. The van der Waals surface area contributed by atoms with Crippen LogP contribution in [-0.2, 0) is 4.74 Å². The van der Waals surface area contributed by atoms with Crippen molar-refractivity contribution >= 4 is 21.5 Å². The van der Waals surface area contributed by atoms with E-state index < -0.39 is 11.8 Å². The van der Waals surface area contributed by atoms with E-state index in [2.05, 4.69) is 36.9 Å². The summed E-state index contributed by atoms with van der Waals surface area (Å²) in [5, 5.41) is 6.98. The van der Waals surface area contributed by atoms with E-state index in [0.29, 0.717) is 22.8 Å². The van der Waals surface area contributed by atoms with Gasteiger partial charge in [0.05, 0.1) is 5.56 Å². The van der Waals surface area contributed by atoms with Crippen LogP contribution >= 0.6 is 9.24 Å². The molecule has 2 atom stereocenters. The highest BCUT2D eigenvalue weighted by atomic mass is 31.0. The molecule has 0 fully saturated rings. The number of benzene rings is 1. The minimum atomic E-state index is -0.497. The summed E-state index contributed by atoms with van der Waals surface area (Å²) >= 11 is 0. The van der Waals surface area contributed by atoms with Crippen LogP contribution in [0.4, 0.5) is 0 Å². The van der Waals surface area contributed by atoms with Crippen molar-refractivity contribution in [3.63, 3.8) is 0 Å². The Balaban J connectivity index is 0.000000621. The van der Waals surface area contributed by atoms with Gasteiger partial charge in [0.25, 0.3) is 0 Å². The summed E-state index contributed by atoms with van der Waals surface area (Å²) in [4.78, 5) is 21.8. The lowest BCUT2D eigenvalue weighted by atomic mass is 10.0. The number of rotatable bonds is 4. The van der Waals surface area contributed by atoms with Crippen molar-refractivity contribution in [3.8, 4) is 0 Å². The second-order valence-electron chi connectivity index (χ2n) is 5.89. The van der Waals surface area contributed by atoms with Gasteiger partial charge in [0.2, 0.25) is 0 Å².